The van der Waals surface area contributed by atoms with Gasteiger partial charge in [-0.25, -0.2) is 4.98 Å². The number of aryl methyl sites for hydroxylation is 2. The van der Waals surface area contributed by atoms with Crippen LogP contribution in [0.15, 0.2) is 4.42 Å². The molecule has 1 aromatic rings. The number of carboxylic acid groups (broad SMARTS) is 1. The predicted molar refractivity (Wildman–Crippen MR) is 68.4 cm³/mol. The number of oxazole rings is 1. The standard InChI is InChI=1S/C13H22N2O3/c1-9-10(2)18-11(14-9)8-15(13(3,4)5)7-6-12(16)17/h6-8H2,1-5H3,(H,16,17). The van der Waals surface area contributed by atoms with Crippen LogP contribution >= 0.6 is 0 Å². The van der Waals surface area contributed by atoms with Crippen molar-refractivity contribution in [2.45, 2.75) is 53.1 Å². The van der Waals surface area contributed by atoms with E-state index in [9.17, 15) is 4.79 Å². The number of rotatable bonds is 5. The van der Waals surface area contributed by atoms with Crippen LogP contribution in [0.1, 0.15) is 44.5 Å². The largest absolute Gasteiger partial charge is 0.481 e. The lowest BCUT2D eigenvalue weighted by Crippen LogP contribution is -2.42. The molecule has 5 nitrogen and oxygen atoms in total. The highest BCUT2D eigenvalue weighted by atomic mass is 16.4. The fourth-order valence-corrected chi connectivity index (χ4v) is 1.65. The molecule has 18 heavy (non-hydrogen) atoms. The number of hydrogen-bond acceptors (Lipinski definition) is 4. The molecule has 0 aliphatic carbocycles. The van der Waals surface area contributed by atoms with Gasteiger partial charge in [0.2, 0.25) is 5.89 Å². The van der Waals surface area contributed by atoms with Gasteiger partial charge in [-0.3, -0.25) is 9.69 Å². The van der Waals surface area contributed by atoms with Crippen LogP contribution in [0.25, 0.3) is 0 Å². The van der Waals surface area contributed by atoms with Crippen LogP contribution in [-0.2, 0) is 11.3 Å². The first kappa shape index (κ1) is 14.7. The van der Waals surface area contributed by atoms with E-state index in [2.05, 4.69) is 30.7 Å². The van der Waals surface area contributed by atoms with Crippen LogP contribution < -0.4 is 0 Å². The quantitative estimate of drug-likeness (QED) is 0.873. The number of aromatic nitrogens is 1. The van der Waals surface area contributed by atoms with Crippen molar-refractivity contribution in [2.75, 3.05) is 6.54 Å². The number of carbonyl (C=O) groups is 1. The van der Waals surface area contributed by atoms with E-state index in [1.165, 1.54) is 0 Å². The van der Waals surface area contributed by atoms with Gasteiger partial charge in [0.1, 0.15) is 5.76 Å². The van der Waals surface area contributed by atoms with Crippen LogP contribution in [0.2, 0.25) is 0 Å². The molecule has 0 aliphatic heterocycles. The minimum Gasteiger partial charge on any atom is -0.481 e. The molecule has 1 aromatic heterocycles. The van der Waals surface area contributed by atoms with E-state index < -0.39 is 5.97 Å². The maximum absolute atomic E-state index is 10.7. The van der Waals surface area contributed by atoms with Crippen molar-refractivity contribution >= 4 is 5.97 Å². The Hall–Kier alpha value is -1.36. The summed E-state index contributed by atoms with van der Waals surface area (Å²) in [5.41, 5.74) is 0.767. The van der Waals surface area contributed by atoms with E-state index in [0.717, 1.165) is 11.5 Å². The van der Waals surface area contributed by atoms with Crippen molar-refractivity contribution in [3.05, 3.63) is 17.3 Å². The van der Waals surface area contributed by atoms with Crippen LogP contribution in [0, 0.1) is 13.8 Å². The summed E-state index contributed by atoms with van der Waals surface area (Å²) in [6.45, 7) is 11.0. The Bertz CT molecular complexity index is 399. The smallest absolute Gasteiger partial charge is 0.304 e. The zero-order valence-electron chi connectivity index (χ0n) is 11.8. The molecule has 0 atom stereocenters. The molecule has 0 amide bonds. The fraction of sp³-hybridized carbons (Fsp3) is 0.692. The summed E-state index contributed by atoms with van der Waals surface area (Å²) in [5.74, 6) is 0.673. The molecule has 0 saturated carbocycles. The molecular formula is C13H22N2O3. The van der Waals surface area contributed by atoms with Gasteiger partial charge >= 0.3 is 5.97 Å². The summed E-state index contributed by atoms with van der Waals surface area (Å²) in [6.07, 6.45) is 0.121. The molecule has 0 fully saturated rings. The van der Waals surface area contributed by atoms with Gasteiger partial charge in [0.05, 0.1) is 18.7 Å². The van der Waals surface area contributed by atoms with Crippen LogP contribution in [0.4, 0.5) is 0 Å². The molecule has 0 saturated heterocycles. The molecule has 1 rings (SSSR count). The maximum atomic E-state index is 10.7. The summed E-state index contributed by atoms with van der Waals surface area (Å²) in [5, 5.41) is 8.78. The minimum atomic E-state index is -0.788. The Morgan fingerprint density at radius 1 is 1.39 bits per heavy atom. The lowest BCUT2D eigenvalue weighted by Gasteiger charge is -2.34. The highest BCUT2D eigenvalue weighted by Gasteiger charge is 2.24. The number of aliphatic carboxylic acids is 1. The third-order valence-electron chi connectivity index (χ3n) is 2.94. The minimum absolute atomic E-state index is 0.119. The summed E-state index contributed by atoms with van der Waals surface area (Å²) in [6, 6.07) is 0. The number of carboxylic acids is 1. The Morgan fingerprint density at radius 3 is 2.39 bits per heavy atom. The van der Waals surface area contributed by atoms with Crippen molar-refractivity contribution < 1.29 is 14.3 Å². The van der Waals surface area contributed by atoms with Gasteiger partial charge in [-0.15, -0.1) is 0 Å². The first-order chi connectivity index (χ1) is 8.20. The molecule has 0 bridgehead atoms. The molecule has 1 heterocycles. The fourth-order valence-electron chi connectivity index (χ4n) is 1.65. The van der Waals surface area contributed by atoms with Gasteiger partial charge in [-0.05, 0) is 34.6 Å². The van der Waals surface area contributed by atoms with Gasteiger partial charge in [0, 0.05) is 12.1 Å². The second-order valence-corrected chi connectivity index (χ2v) is 5.49. The number of nitrogens with zero attached hydrogens (tertiary/aromatic N) is 2. The van der Waals surface area contributed by atoms with Crippen molar-refractivity contribution in [3.8, 4) is 0 Å². The number of hydrogen-bond donors (Lipinski definition) is 1. The van der Waals surface area contributed by atoms with Crippen LogP contribution in [0.5, 0.6) is 0 Å². The monoisotopic (exact) mass is 254 g/mol. The van der Waals surface area contributed by atoms with Gasteiger partial charge in [-0.2, -0.15) is 0 Å². The normalized spacial score (nSPS) is 12.1. The van der Waals surface area contributed by atoms with Crippen molar-refractivity contribution in [1.82, 2.24) is 9.88 Å². The zero-order valence-corrected chi connectivity index (χ0v) is 11.8. The zero-order chi connectivity index (χ0) is 13.9. The van der Waals surface area contributed by atoms with Gasteiger partial charge in [-0.1, -0.05) is 0 Å². The van der Waals surface area contributed by atoms with E-state index in [-0.39, 0.29) is 12.0 Å². The topological polar surface area (TPSA) is 66.6 Å². The highest BCUT2D eigenvalue weighted by molar-refractivity contribution is 5.66. The predicted octanol–water partition coefficient (Wildman–Crippen LogP) is 2.37. The average Bonchev–Trinajstić information content (AvgIpc) is 2.51. The van der Waals surface area contributed by atoms with Crippen molar-refractivity contribution in [1.29, 1.82) is 0 Å². The second kappa shape index (κ2) is 5.52. The Morgan fingerprint density at radius 2 is 2.00 bits per heavy atom. The summed E-state index contributed by atoms with van der Waals surface area (Å²) in [7, 11) is 0. The second-order valence-electron chi connectivity index (χ2n) is 5.49. The van der Waals surface area contributed by atoms with Crippen LogP contribution in [-0.4, -0.2) is 33.0 Å². The molecule has 0 radical (unpaired) electrons. The van der Waals surface area contributed by atoms with Gasteiger partial charge < -0.3 is 9.52 Å². The maximum Gasteiger partial charge on any atom is 0.304 e. The lowest BCUT2D eigenvalue weighted by molar-refractivity contribution is -0.137. The van der Waals surface area contributed by atoms with E-state index in [0.29, 0.717) is 19.0 Å². The molecule has 5 heteroatoms. The first-order valence-electron chi connectivity index (χ1n) is 6.10. The Balaban J connectivity index is 2.75. The van der Waals surface area contributed by atoms with Crippen LogP contribution in [0.3, 0.4) is 0 Å². The van der Waals surface area contributed by atoms with Gasteiger partial charge in [0.15, 0.2) is 0 Å². The molecule has 0 spiro atoms. The van der Waals surface area contributed by atoms with E-state index in [1.807, 2.05) is 13.8 Å². The summed E-state index contributed by atoms with van der Waals surface area (Å²) in [4.78, 5) is 17.1. The van der Waals surface area contributed by atoms with E-state index >= 15 is 0 Å². The van der Waals surface area contributed by atoms with Crippen molar-refractivity contribution in [2.24, 2.45) is 0 Å². The highest BCUT2D eigenvalue weighted by Crippen LogP contribution is 2.18. The average molecular weight is 254 g/mol. The lowest BCUT2D eigenvalue weighted by atomic mass is 10.1. The molecule has 0 unspecified atom stereocenters. The third kappa shape index (κ3) is 4.14. The van der Waals surface area contributed by atoms with Crippen molar-refractivity contribution in [3.63, 3.8) is 0 Å². The summed E-state index contributed by atoms with van der Waals surface area (Å²) >= 11 is 0. The molecular weight excluding hydrogens is 232 g/mol. The molecule has 102 valence electrons. The SMILES string of the molecule is Cc1nc(CN(CCC(=O)O)C(C)(C)C)oc1C. The van der Waals surface area contributed by atoms with E-state index in [4.69, 9.17) is 9.52 Å². The molecule has 0 aliphatic rings. The Labute approximate surface area is 108 Å². The van der Waals surface area contributed by atoms with Gasteiger partial charge in [0.25, 0.3) is 0 Å². The Kier molecular flexibility index (Phi) is 4.51. The molecule has 0 aromatic carbocycles. The summed E-state index contributed by atoms with van der Waals surface area (Å²) < 4.78 is 5.55. The van der Waals surface area contributed by atoms with E-state index in [1.54, 1.807) is 0 Å². The first-order valence-corrected chi connectivity index (χ1v) is 6.10. The third-order valence-corrected chi connectivity index (χ3v) is 2.94. The molecule has 1 N–H and O–H groups in total.